The Balaban J connectivity index is 1.46. The summed E-state index contributed by atoms with van der Waals surface area (Å²) in [4.78, 5) is 20.0. The first kappa shape index (κ1) is 23.5. The third-order valence-electron chi connectivity index (χ3n) is 7.21. The van der Waals surface area contributed by atoms with Crippen LogP contribution in [0.25, 0.3) is 11.0 Å². The number of imidazole rings is 1. The minimum Gasteiger partial charge on any atom is -0.328 e. The van der Waals surface area contributed by atoms with Crippen molar-refractivity contribution in [1.82, 2.24) is 9.55 Å². The molecule has 1 amide bonds. The summed E-state index contributed by atoms with van der Waals surface area (Å²) >= 11 is 0. The van der Waals surface area contributed by atoms with E-state index in [9.17, 15) is 4.79 Å². The Labute approximate surface area is 199 Å². The van der Waals surface area contributed by atoms with Crippen LogP contribution in [0.4, 0.5) is 5.69 Å². The Morgan fingerprint density at radius 1 is 0.909 bits per heavy atom. The largest absolute Gasteiger partial charge is 0.328 e. The Bertz CT molecular complexity index is 1080. The summed E-state index contributed by atoms with van der Waals surface area (Å²) in [5.41, 5.74) is 5.74. The number of rotatable bonds is 11. The van der Waals surface area contributed by atoms with Gasteiger partial charge in [-0.2, -0.15) is 0 Å². The molecule has 2 heterocycles. The van der Waals surface area contributed by atoms with Crippen LogP contribution in [0.5, 0.6) is 0 Å². The summed E-state index contributed by atoms with van der Waals surface area (Å²) in [5.74, 6) is 1.42. The number of hydrogen-bond donors (Lipinski definition) is 0. The second kappa shape index (κ2) is 11.0. The van der Waals surface area contributed by atoms with Crippen LogP contribution >= 0.6 is 0 Å². The van der Waals surface area contributed by atoms with Crippen LogP contribution in [0.15, 0.2) is 42.5 Å². The van der Waals surface area contributed by atoms with Crippen molar-refractivity contribution in [2.75, 3.05) is 11.4 Å². The quantitative estimate of drug-likeness (QED) is 0.290. The molecule has 4 nitrogen and oxygen atoms in total. The number of benzene rings is 2. The van der Waals surface area contributed by atoms with Gasteiger partial charge < -0.3 is 9.47 Å². The van der Waals surface area contributed by atoms with Gasteiger partial charge in [-0.1, -0.05) is 70.1 Å². The van der Waals surface area contributed by atoms with E-state index in [0.717, 1.165) is 23.6 Å². The van der Waals surface area contributed by atoms with Crippen molar-refractivity contribution >= 4 is 22.6 Å². The van der Waals surface area contributed by atoms with Crippen molar-refractivity contribution in [2.45, 2.75) is 91.0 Å². The van der Waals surface area contributed by atoms with Gasteiger partial charge in [-0.05, 0) is 55.7 Å². The predicted octanol–water partition coefficient (Wildman–Crippen LogP) is 7.31. The van der Waals surface area contributed by atoms with E-state index in [1.54, 1.807) is 0 Å². The summed E-state index contributed by atoms with van der Waals surface area (Å²) in [6, 6.07) is 14.8. The lowest BCUT2D eigenvalue weighted by molar-refractivity contribution is -0.117. The third kappa shape index (κ3) is 5.48. The highest BCUT2D eigenvalue weighted by Gasteiger charge is 2.34. The molecule has 1 fully saturated rings. The average Bonchev–Trinajstić information content (AvgIpc) is 3.38. The van der Waals surface area contributed by atoms with Gasteiger partial charge in [0.1, 0.15) is 5.82 Å². The Kier molecular flexibility index (Phi) is 7.85. The Morgan fingerprint density at radius 3 is 2.39 bits per heavy atom. The standard InChI is InChI=1S/C29H39N3O/c1-4-5-6-7-8-9-10-13-18-31-27-15-12-11-14-26(27)30-29(31)24-20-28(33)32(21-24)25-17-16-22(2)23(3)19-25/h11-12,14-17,19,24H,4-10,13,18,20-21H2,1-3H3. The molecule has 33 heavy (non-hydrogen) atoms. The summed E-state index contributed by atoms with van der Waals surface area (Å²) in [7, 11) is 0. The zero-order chi connectivity index (χ0) is 23.2. The summed E-state index contributed by atoms with van der Waals surface area (Å²) < 4.78 is 2.40. The van der Waals surface area contributed by atoms with Gasteiger partial charge in [0.05, 0.1) is 11.0 Å². The van der Waals surface area contributed by atoms with Crippen molar-refractivity contribution in [1.29, 1.82) is 0 Å². The summed E-state index contributed by atoms with van der Waals surface area (Å²) in [6.07, 6.45) is 11.0. The summed E-state index contributed by atoms with van der Waals surface area (Å²) in [6.45, 7) is 8.19. The van der Waals surface area contributed by atoms with Crippen LogP contribution in [0.3, 0.4) is 0 Å². The number of unbranched alkanes of at least 4 members (excludes halogenated alkanes) is 7. The maximum atomic E-state index is 13.0. The van der Waals surface area contributed by atoms with Crippen LogP contribution in [0, 0.1) is 13.8 Å². The van der Waals surface area contributed by atoms with Crippen LogP contribution in [0.1, 0.15) is 87.6 Å². The number of fused-ring (bicyclic) bond motifs is 1. The van der Waals surface area contributed by atoms with E-state index < -0.39 is 0 Å². The van der Waals surface area contributed by atoms with Gasteiger partial charge in [-0.25, -0.2) is 4.98 Å². The topological polar surface area (TPSA) is 38.1 Å². The van der Waals surface area contributed by atoms with Crippen molar-refractivity contribution < 1.29 is 4.79 Å². The number of aromatic nitrogens is 2. The van der Waals surface area contributed by atoms with Crippen molar-refractivity contribution in [3.8, 4) is 0 Å². The fourth-order valence-corrected chi connectivity index (χ4v) is 5.07. The zero-order valence-corrected chi connectivity index (χ0v) is 20.6. The molecule has 0 N–H and O–H groups in total. The lowest BCUT2D eigenvalue weighted by Crippen LogP contribution is -2.24. The first-order valence-corrected chi connectivity index (χ1v) is 12.9. The van der Waals surface area contributed by atoms with Crippen LogP contribution in [-0.2, 0) is 11.3 Å². The number of hydrogen-bond acceptors (Lipinski definition) is 2. The molecule has 1 saturated heterocycles. The fourth-order valence-electron chi connectivity index (χ4n) is 5.07. The first-order chi connectivity index (χ1) is 16.1. The molecular weight excluding hydrogens is 406 g/mol. The van der Waals surface area contributed by atoms with E-state index >= 15 is 0 Å². The average molecular weight is 446 g/mol. The second-order valence-electron chi connectivity index (χ2n) is 9.76. The summed E-state index contributed by atoms with van der Waals surface area (Å²) in [5, 5.41) is 0. The van der Waals surface area contributed by atoms with Gasteiger partial charge in [0.2, 0.25) is 5.91 Å². The SMILES string of the molecule is CCCCCCCCCCn1c(C2CC(=O)N(c3ccc(C)c(C)c3)C2)nc2ccccc21. The molecule has 1 atom stereocenters. The van der Waals surface area contributed by atoms with E-state index in [2.05, 4.69) is 67.8 Å². The molecule has 1 unspecified atom stereocenters. The smallest absolute Gasteiger partial charge is 0.227 e. The van der Waals surface area contributed by atoms with E-state index in [-0.39, 0.29) is 11.8 Å². The predicted molar refractivity (Wildman–Crippen MR) is 138 cm³/mol. The highest BCUT2D eigenvalue weighted by Crippen LogP contribution is 2.34. The number of carbonyl (C=O) groups excluding carboxylic acids is 1. The molecule has 3 aromatic rings. The maximum Gasteiger partial charge on any atom is 0.227 e. The molecule has 1 aliphatic heterocycles. The normalized spacial score (nSPS) is 16.3. The number of para-hydroxylation sites is 2. The highest BCUT2D eigenvalue weighted by atomic mass is 16.2. The van der Waals surface area contributed by atoms with Gasteiger partial charge in [-0.15, -0.1) is 0 Å². The zero-order valence-electron chi connectivity index (χ0n) is 20.6. The van der Waals surface area contributed by atoms with Crippen LogP contribution in [-0.4, -0.2) is 22.0 Å². The number of nitrogens with zero attached hydrogens (tertiary/aromatic N) is 3. The van der Waals surface area contributed by atoms with Gasteiger partial charge in [0.25, 0.3) is 0 Å². The molecular formula is C29H39N3O. The van der Waals surface area contributed by atoms with Crippen molar-refractivity contribution in [3.05, 3.63) is 59.4 Å². The fraction of sp³-hybridized carbons (Fsp3) is 0.517. The monoisotopic (exact) mass is 445 g/mol. The van der Waals surface area contributed by atoms with Gasteiger partial charge in [0, 0.05) is 31.1 Å². The van der Waals surface area contributed by atoms with E-state index in [4.69, 9.17) is 4.98 Å². The molecule has 1 aromatic heterocycles. The third-order valence-corrected chi connectivity index (χ3v) is 7.21. The lowest BCUT2D eigenvalue weighted by atomic mass is 10.1. The maximum absolute atomic E-state index is 13.0. The molecule has 4 heteroatoms. The Hall–Kier alpha value is -2.62. The van der Waals surface area contributed by atoms with Crippen LogP contribution in [0.2, 0.25) is 0 Å². The molecule has 0 aliphatic carbocycles. The first-order valence-electron chi connectivity index (χ1n) is 12.9. The number of aryl methyl sites for hydroxylation is 3. The van der Waals surface area contributed by atoms with Gasteiger partial charge in [0.15, 0.2) is 0 Å². The molecule has 176 valence electrons. The second-order valence-corrected chi connectivity index (χ2v) is 9.76. The van der Waals surface area contributed by atoms with E-state index in [0.29, 0.717) is 13.0 Å². The lowest BCUT2D eigenvalue weighted by Gasteiger charge is -2.18. The minimum absolute atomic E-state index is 0.139. The number of anilines is 1. The molecule has 2 aromatic carbocycles. The number of amides is 1. The molecule has 0 radical (unpaired) electrons. The molecule has 4 rings (SSSR count). The van der Waals surface area contributed by atoms with Crippen molar-refractivity contribution in [3.63, 3.8) is 0 Å². The van der Waals surface area contributed by atoms with Crippen molar-refractivity contribution in [2.24, 2.45) is 0 Å². The van der Waals surface area contributed by atoms with E-state index in [1.807, 2.05) is 4.90 Å². The van der Waals surface area contributed by atoms with E-state index in [1.165, 1.54) is 68.0 Å². The molecule has 0 bridgehead atoms. The highest BCUT2D eigenvalue weighted by molar-refractivity contribution is 5.96. The van der Waals surface area contributed by atoms with Gasteiger partial charge in [-0.3, -0.25) is 4.79 Å². The molecule has 0 saturated carbocycles. The minimum atomic E-state index is 0.139. The Morgan fingerprint density at radius 2 is 1.64 bits per heavy atom. The van der Waals surface area contributed by atoms with Gasteiger partial charge >= 0.3 is 0 Å². The molecule has 0 spiro atoms. The van der Waals surface area contributed by atoms with Crippen LogP contribution < -0.4 is 4.90 Å². The molecule has 1 aliphatic rings. The number of carbonyl (C=O) groups is 1.